The zero-order chi connectivity index (χ0) is 13.8. The first-order valence-corrected chi connectivity index (χ1v) is 8.67. The van der Waals surface area contributed by atoms with E-state index < -0.39 is 0 Å². The number of allylic oxidation sites excluding steroid dienone is 1. The summed E-state index contributed by atoms with van der Waals surface area (Å²) < 4.78 is 5.66. The molecule has 1 nitrogen and oxygen atoms in total. The second-order valence-corrected chi connectivity index (χ2v) is 6.14. The zero-order valence-electron chi connectivity index (χ0n) is 13.1. The topological polar surface area (TPSA) is 9.23 Å². The third-order valence-electron chi connectivity index (χ3n) is 4.21. The molecule has 1 saturated heterocycles. The highest BCUT2D eigenvalue weighted by molar-refractivity contribution is 4.90. The van der Waals surface area contributed by atoms with Crippen molar-refractivity contribution in [1.82, 2.24) is 0 Å². The lowest BCUT2D eigenvalue weighted by Gasteiger charge is -2.09. The third kappa shape index (κ3) is 9.13. The molecule has 0 N–H and O–H groups in total. The number of unbranched alkanes of at least 4 members (excludes halogenated alkanes) is 10. The molecular formula is C18H34O. The molecule has 0 saturated carbocycles. The van der Waals surface area contributed by atoms with Crippen LogP contribution in [0.1, 0.15) is 96.8 Å². The molecule has 0 radical (unpaired) electrons. The van der Waals surface area contributed by atoms with Crippen LogP contribution in [0.4, 0.5) is 0 Å². The Morgan fingerprint density at radius 3 is 1.89 bits per heavy atom. The summed E-state index contributed by atoms with van der Waals surface area (Å²) in [7, 11) is 0. The van der Waals surface area contributed by atoms with Gasteiger partial charge in [-0.1, -0.05) is 77.7 Å². The number of hydrogen-bond acceptors (Lipinski definition) is 1. The maximum Gasteiger partial charge on any atom is 0.0986 e. The van der Waals surface area contributed by atoms with Crippen molar-refractivity contribution in [2.75, 3.05) is 0 Å². The fourth-order valence-corrected chi connectivity index (χ4v) is 2.92. The van der Waals surface area contributed by atoms with E-state index >= 15 is 0 Å². The number of rotatable bonds is 12. The van der Waals surface area contributed by atoms with Gasteiger partial charge in [0, 0.05) is 6.42 Å². The monoisotopic (exact) mass is 266 g/mol. The molecule has 0 aliphatic carbocycles. The molecule has 0 aromatic heterocycles. The van der Waals surface area contributed by atoms with Gasteiger partial charge in [0.15, 0.2) is 0 Å². The molecule has 1 atom stereocenters. The Bertz CT molecular complexity index is 222. The van der Waals surface area contributed by atoms with Crippen LogP contribution >= 0.6 is 0 Å². The van der Waals surface area contributed by atoms with E-state index in [-0.39, 0.29) is 0 Å². The number of hydrogen-bond donors (Lipinski definition) is 0. The first-order chi connectivity index (χ1) is 9.33. The van der Waals surface area contributed by atoms with Crippen LogP contribution in [-0.2, 0) is 4.74 Å². The standard InChI is InChI=1S/C18H34O/c1-3-4-5-6-7-8-9-10-11-12-13-14-18-16-15-17(2)19-18/h18H,2-16H2,1H3. The van der Waals surface area contributed by atoms with Crippen molar-refractivity contribution < 1.29 is 4.74 Å². The lowest BCUT2D eigenvalue weighted by Crippen LogP contribution is -2.03. The van der Waals surface area contributed by atoms with Crippen LogP contribution in [0.15, 0.2) is 12.3 Å². The predicted octanol–water partition coefficient (Wildman–Crippen LogP) is 6.38. The van der Waals surface area contributed by atoms with Crippen molar-refractivity contribution in [2.24, 2.45) is 0 Å². The average molecular weight is 266 g/mol. The molecule has 1 rings (SSSR count). The van der Waals surface area contributed by atoms with Crippen molar-refractivity contribution >= 4 is 0 Å². The summed E-state index contributed by atoms with van der Waals surface area (Å²) in [4.78, 5) is 0. The van der Waals surface area contributed by atoms with Gasteiger partial charge in [0.25, 0.3) is 0 Å². The van der Waals surface area contributed by atoms with Gasteiger partial charge < -0.3 is 4.74 Å². The van der Waals surface area contributed by atoms with Crippen LogP contribution in [0.3, 0.4) is 0 Å². The van der Waals surface area contributed by atoms with Crippen molar-refractivity contribution in [3.05, 3.63) is 12.3 Å². The minimum absolute atomic E-state index is 0.492. The molecule has 0 bridgehead atoms. The third-order valence-corrected chi connectivity index (χ3v) is 4.21. The Kier molecular flexibility index (Phi) is 9.93. The minimum Gasteiger partial charge on any atom is -0.495 e. The van der Waals surface area contributed by atoms with Crippen LogP contribution < -0.4 is 0 Å². The zero-order valence-corrected chi connectivity index (χ0v) is 13.1. The van der Waals surface area contributed by atoms with Gasteiger partial charge in [-0.25, -0.2) is 0 Å². The second-order valence-electron chi connectivity index (χ2n) is 6.14. The van der Waals surface area contributed by atoms with Crippen LogP contribution in [-0.4, -0.2) is 6.10 Å². The molecule has 1 heterocycles. The summed E-state index contributed by atoms with van der Waals surface area (Å²) in [5.74, 6) is 1.01. The normalized spacial score (nSPS) is 18.8. The Morgan fingerprint density at radius 1 is 0.895 bits per heavy atom. The lowest BCUT2D eigenvalue weighted by atomic mass is 10.0. The Balaban J connectivity index is 1.73. The summed E-state index contributed by atoms with van der Waals surface area (Å²) >= 11 is 0. The second kappa shape index (κ2) is 11.4. The maximum absolute atomic E-state index is 5.66. The molecule has 1 aliphatic heterocycles. The van der Waals surface area contributed by atoms with Crippen molar-refractivity contribution in [1.29, 1.82) is 0 Å². The fraction of sp³-hybridized carbons (Fsp3) is 0.889. The smallest absolute Gasteiger partial charge is 0.0986 e. The van der Waals surface area contributed by atoms with Crippen LogP contribution in [0.25, 0.3) is 0 Å². The fourth-order valence-electron chi connectivity index (χ4n) is 2.92. The first-order valence-electron chi connectivity index (χ1n) is 8.67. The maximum atomic E-state index is 5.66. The Morgan fingerprint density at radius 2 is 1.42 bits per heavy atom. The Labute approximate surface area is 120 Å². The number of ether oxygens (including phenoxy) is 1. The summed E-state index contributed by atoms with van der Waals surface area (Å²) in [6, 6.07) is 0. The minimum atomic E-state index is 0.492. The van der Waals surface area contributed by atoms with E-state index in [1.807, 2.05) is 0 Å². The molecule has 1 unspecified atom stereocenters. The van der Waals surface area contributed by atoms with Crippen LogP contribution in [0.5, 0.6) is 0 Å². The van der Waals surface area contributed by atoms with Gasteiger partial charge in [-0.15, -0.1) is 0 Å². The lowest BCUT2D eigenvalue weighted by molar-refractivity contribution is 0.149. The van der Waals surface area contributed by atoms with Gasteiger partial charge in [0.2, 0.25) is 0 Å². The van der Waals surface area contributed by atoms with Crippen molar-refractivity contribution in [3.8, 4) is 0 Å². The quantitative estimate of drug-likeness (QED) is 0.372. The van der Waals surface area contributed by atoms with E-state index in [1.54, 1.807) is 0 Å². The van der Waals surface area contributed by atoms with Gasteiger partial charge in [-0.2, -0.15) is 0 Å². The average Bonchev–Trinajstić information content (AvgIpc) is 2.82. The van der Waals surface area contributed by atoms with Gasteiger partial charge in [0.1, 0.15) is 0 Å². The molecular weight excluding hydrogens is 232 g/mol. The van der Waals surface area contributed by atoms with E-state index in [2.05, 4.69) is 13.5 Å². The molecule has 0 spiro atoms. The van der Waals surface area contributed by atoms with Crippen molar-refractivity contribution in [3.63, 3.8) is 0 Å². The molecule has 0 amide bonds. The highest BCUT2D eigenvalue weighted by atomic mass is 16.5. The molecule has 1 fully saturated rings. The molecule has 112 valence electrons. The molecule has 1 aliphatic rings. The summed E-state index contributed by atoms with van der Waals surface area (Å²) in [6.45, 7) is 6.17. The van der Waals surface area contributed by atoms with E-state index in [4.69, 9.17) is 4.74 Å². The summed E-state index contributed by atoms with van der Waals surface area (Å²) in [6.07, 6.45) is 19.7. The Hall–Kier alpha value is -0.460. The van der Waals surface area contributed by atoms with Gasteiger partial charge in [-0.3, -0.25) is 0 Å². The van der Waals surface area contributed by atoms with E-state index in [0.29, 0.717) is 6.10 Å². The molecule has 1 heteroatoms. The van der Waals surface area contributed by atoms with Crippen LogP contribution in [0.2, 0.25) is 0 Å². The molecule has 19 heavy (non-hydrogen) atoms. The van der Waals surface area contributed by atoms with E-state index in [9.17, 15) is 0 Å². The van der Waals surface area contributed by atoms with Crippen molar-refractivity contribution in [2.45, 2.75) is 103 Å². The van der Waals surface area contributed by atoms with E-state index in [1.165, 1.54) is 83.5 Å². The van der Waals surface area contributed by atoms with Gasteiger partial charge in [0.05, 0.1) is 11.9 Å². The predicted molar refractivity (Wildman–Crippen MR) is 84.3 cm³/mol. The highest BCUT2D eigenvalue weighted by Crippen LogP contribution is 2.25. The van der Waals surface area contributed by atoms with E-state index in [0.717, 1.165) is 12.2 Å². The largest absolute Gasteiger partial charge is 0.495 e. The first kappa shape index (κ1) is 16.6. The summed E-state index contributed by atoms with van der Waals surface area (Å²) in [5.41, 5.74) is 0. The molecule has 0 aromatic carbocycles. The van der Waals surface area contributed by atoms with Crippen LogP contribution in [0, 0.1) is 0 Å². The van der Waals surface area contributed by atoms with Gasteiger partial charge in [-0.05, 0) is 19.3 Å². The molecule has 0 aromatic rings. The van der Waals surface area contributed by atoms with Gasteiger partial charge >= 0.3 is 0 Å². The SMILES string of the molecule is C=C1CCC(CCCCCCCCCCCCC)O1. The highest BCUT2D eigenvalue weighted by Gasteiger charge is 2.17. The summed E-state index contributed by atoms with van der Waals surface area (Å²) in [5, 5.41) is 0.